The minimum Gasteiger partial charge on any atom is -0.480 e. The van der Waals surface area contributed by atoms with E-state index in [0.29, 0.717) is 11.5 Å². The van der Waals surface area contributed by atoms with Crippen LogP contribution in [0, 0.1) is 5.41 Å². The third-order valence-corrected chi connectivity index (χ3v) is 3.03. The average Bonchev–Trinajstić information content (AvgIpc) is 2.81. The van der Waals surface area contributed by atoms with Crippen LogP contribution in [0.2, 0.25) is 0 Å². The Labute approximate surface area is 116 Å². The molecule has 1 atom stereocenters. The van der Waals surface area contributed by atoms with Crippen LogP contribution < -0.4 is 14.8 Å². The first kappa shape index (κ1) is 14.2. The summed E-state index contributed by atoms with van der Waals surface area (Å²) in [5, 5.41) is 11.8. The lowest BCUT2D eigenvalue weighted by molar-refractivity contribution is -0.142. The Morgan fingerprint density at radius 2 is 2.00 bits per heavy atom. The lowest BCUT2D eigenvalue weighted by atomic mass is 9.86. The Bertz CT molecular complexity index is 547. The summed E-state index contributed by atoms with van der Waals surface area (Å²) in [4.78, 5) is 23.5. The largest absolute Gasteiger partial charge is 0.480 e. The second-order valence-electron chi connectivity index (χ2n) is 5.65. The van der Waals surface area contributed by atoms with Gasteiger partial charge in [0, 0.05) is 0 Å². The van der Waals surface area contributed by atoms with Crippen molar-refractivity contribution >= 4 is 11.9 Å². The van der Waals surface area contributed by atoms with Crippen molar-refractivity contribution in [3.05, 3.63) is 23.8 Å². The number of para-hydroxylation sites is 1. The molecule has 0 spiro atoms. The van der Waals surface area contributed by atoms with Gasteiger partial charge in [-0.05, 0) is 17.5 Å². The van der Waals surface area contributed by atoms with E-state index >= 15 is 0 Å². The molecule has 0 saturated carbocycles. The molecule has 1 aliphatic rings. The van der Waals surface area contributed by atoms with Crippen LogP contribution in [-0.2, 0) is 4.79 Å². The van der Waals surface area contributed by atoms with Crippen LogP contribution in [0.15, 0.2) is 18.2 Å². The molecule has 1 aliphatic heterocycles. The topological polar surface area (TPSA) is 84.9 Å². The van der Waals surface area contributed by atoms with E-state index < -0.39 is 23.3 Å². The van der Waals surface area contributed by atoms with Gasteiger partial charge in [0.05, 0.1) is 5.56 Å². The van der Waals surface area contributed by atoms with Gasteiger partial charge in [-0.1, -0.05) is 26.8 Å². The van der Waals surface area contributed by atoms with Gasteiger partial charge in [-0.25, -0.2) is 4.79 Å². The predicted molar refractivity (Wildman–Crippen MR) is 70.9 cm³/mol. The Balaban J connectivity index is 2.25. The third-order valence-electron chi connectivity index (χ3n) is 3.03. The zero-order valence-electron chi connectivity index (χ0n) is 11.6. The zero-order valence-corrected chi connectivity index (χ0v) is 11.6. The second kappa shape index (κ2) is 5.03. The van der Waals surface area contributed by atoms with Crippen LogP contribution in [0.3, 0.4) is 0 Å². The summed E-state index contributed by atoms with van der Waals surface area (Å²) in [6.07, 6.45) is 0. The molecule has 6 heteroatoms. The number of hydrogen-bond acceptors (Lipinski definition) is 4. The van der Waals surface area contributed by atoms with Crippen molar-refractivity contribution < 1.29 is 24.2 Å². The first-order chi connectivity index (χ1) is 9.30. The van der Waals surface area contributed by atoms with Gasteiger partial charge in [-0.15, -0.1) is 0 Å². The summed E-state index contributed by atoms with van der Waals surface area (Å²) in [7, 11) is 0. The molecule has 1 heterocycles. The molecule has 0 aliphatic carbocycles. The number of amides is 1. The highest BCUT2D eigenvalue weighted by Gasteiger charge is 2.34. The molecule has 2 rings (SSSR count). The molecule has 6 nitrogen and oxygen atoms in total. The quantitative estimate of drug-likeness (QED) is 0.878. The van der Waals surface area contributed by atoms with Gasteiger partial charge >= 0.3 is 5.97 Å². The number of hydrogen-bond donors (Lipinski definition) is 2. The van der Waals surface area contributed by atoms with Crippen LogP contribution in [-0.4, -0.2) is 29.8 Å². The fraction of sp³-hybridized carbons (Fsp3) is 0.429. The van der Waals surface area contributed by atoms with Crippen molar-refractivity contribution in [3.8, 4) is 11.5 Å². The number of aliphatic carboxylic acids is 1. The number of fused-ring (bicyclic) bond motifs is 1. The highest BCUT2D eigenvalue weighted by atomic mass is 16.7. The van der Waals surface area contributed by atoms with Crippen LogP contribution in [0.25, 0.3) is 0 Å². The van der Waals surface area contributed by atoms with E-state index in [2.05, 4.69) is 5.32 Å². The van der Waals surface area contributed by atoms with Crippen molar-refractivity contribution in [1.82, 2.24) is 5.32 Å². The monoisotopic (exact) mass is 279 g/mol. The highest BCUT2D eigenvalue weighted by Crippen LogP contribution is 2.35. The molecule has 1 amide bonds. The fourth-order valence-corrected chi connectivity index (χ4v) is 1.97. The van der Waals surface area contributed by atoms with Gasteiger partial charge < -0.3 is 19.9 Å². The Hall–Kier alpha value is -2.24. The van der Waals surface area contributed by atoms with E-state index in [1.165, 1.54) is 0 Å². The summed E-state index contributed by atoms with van der Waals surface area (Å²) < 4.78 is 10.4. The average molecular weight is 279 g/mol. The van der Waals surface area contributed by atoms with Gasteiger partial charge in [-0.3, -0.25) is 4.79 Å². The van der Waals surface area contributed by atoms with Crippen molar-refractivity contribution in [3.63, 3.8) is 0 Å². The molecule has 0 radical (unpaired) electrons. The number of carbonyl (C=O) groups is 2. The maximum Gasteiger partial charge on any atom is 0.326 e. The molecule has 2 N–H and O–H groups in total. The number of carbonyl (C=O) groups excluding carboxylic acids is 1. The number of carboxylic acids is 1. The summed E-state index contributed by atoms with van der Waals surface area (Å²) in [5.74, 6) is -0.728. The lowest BCUT2D eigenvalue weighted by Gasteiger charge is -2.27. The molecule has 0 saturated heterocycles. The summed E-state index contributed by atoms with van der Waals surface area (Å²) in [6, 6.07) is 3.94. The Morgan fingerprint density at radius 1 is 1.30 bits per heavy atom. The number of ether oxygens (including phenoxy) is 2. The molecular weight excluding hydrogens is 262 g/mol. The van der Waals surface area contributed by atoms with Crippen molar-refractivity contribution in [2.75, 3.05) is 6.79 Å². The number of nitrogens with one attached hydrogen (secondary N) is 1. The summed E-state index contributed by atoms with van der Waals surface area (Å²) in [6.45, 7) is 5.31. The number of benzene rings is 1. The van der Waals surface area contributed by atoms with E-state index in [9.17, 15) is 14.7 Å². The van der Waals surface area contributed by atoms with Gasteiger partial charge in [-0.2, -0.15) is 0 Å². The molecule has 20 heavy (non-hydrogen) atoms. The van der Waals surface area contributed by atoms with Crippen LogP contribution in [0.4, 0.5) is 0 Å². The van der Waals surface area contributed by atoms with E-state index in [4.69, 9.17) is 9.47 Å². The normalized spacial score (nSPS) is 14.8. The fourth-order valence-electron chi connectivity index (χ4n) is 1.97. The molecule has 0 fully saturated rings. The molecule has 1 aromatic carbocycles. The van der Waals surface area contributed by atoms with Gasteiger partial charge in [0.2, 0.25) is 6.79 Å². The molecular formula is C14H17NO5. The van der Waals surface area contributed by atoms with Gasteiger partial charge in [0.25, 0.3) is 5.91 Å². The maximum atomic E-state index is 12.3. The van der Waals surface area contributed by atoms with Crippen molar-refractivity contribution in [2.24, 2.45) is 5.41 Å². The summed E-state index contributed by atoms with van der Waals surface area (Å²) in [5.41, 5.74) is -0.327. The van der Waals surface area contributed by atoms with Crippen LogP contribution in [0.5, 0.6) is 11.5 Å². The van der Waals surface area contributed by atoms with E-state index in [-0.39, 0.29) is 12.4 Å². The van der Waals surface area contributed by atoms with Crippen molar-refractivity contribution in [1.29, 1.82) is 0 Å². The predicted octanol–water partition coefficient (Wildman–Crippen LogP) is 1.64. The summed E-state index contributed by atoms with van der Waals surface area (Å²) >= 11 is 0. The highest BCUT2D eigenvalue weighted by molar-refractivity contribution is 5.99. The molecule has 1 aromatic rings. The SMILES string of the molecule is CC(C)(C)[C@H](NC(=O)c1cccc2c1OCO2)C(=O)O. The van der Waals surface area contributed by atoms with Crippen molar-refractivity contribution in [2.45, 2.75) is 26.8 Å². The second-order valence-corrected chi connectivity index (χ2v) is 5.65. The van der Waals surface area contributed by atoms with Gasteiger partial charge in [0.1, 0.15) is 6.04 Å². The smallest absolute Gasteiger partial charge is 0.326 e. The van der Waals surface area contributed by atoms with Crippen LogP contribution in [0.1, 0.15) is 31.1 Å². The Kier molecular flexibility index (Phi) is 3.57. The molecule has 0 aromatic heterocycles. The maximum absolute atomic E-state index is 12.3. The van der Waals surface area contributed by atoms with Crippen LogP contribution >= 0.6 is 0 Å². The number of rotatable bonds is 3. The minimum absolute atomic E-state index is 0.0568. The zero-order chi connectivity index (χ0) is 14.9. The molecule has 0 bridgehead atoms. The number of carboxylic acid groups (broad SMARTS) is 1. The first-order valence-electron chi connectivity index (χ1n) is 6.23. The molecule has 108 valence electrons. The minimum atomic E-state index is -1.07. The van der Waals surface area contributed by atoms with E-state index in [1.807, 2.05) is 0 Å². The lowest BCUT2D eigenvalue weighted by Crippen LogP contribution is -2.49. The molecule has 0 unspecified atom stereocenters. The van der Waals surface area contributed by atoms with E-state index in [0.717, 1.165) is 0 Å². The van der Waals surface area contributed by atoms with Gasteiger partial charge in [0.15, 0.2) is 11.5 Å². The first-order valence-corrected chi connectivity index (χ1v) is 6.23. The Morgan fingerprint density at radius 3 is 2.60 bits per heavy atom. The standard InChI is InChI=1S/C14H17NO5/c1-14(2,3)11(13(17)18)15-12(16)8-5-4-6-9-10(8)20-7-19-9/h4-6,11H,7H2,1-3H3,(H,15,16)(H,17,18)/t11-/m1/s1. The third kappa shape index (κ3) is 2.68. The van der Waals surface area contributed by atoms with E-state index in [1.54, 1.807) is 39.0 Å².